The first kappa shape index (κ1) is 16.9. The molecule has 0 bridgehead atoms. The number of nitrogens with zero attached hydrogens (tertiary/aromatic N) is 2. The predicted octanol–water partition coefficient (Wildman–Crippen LogP) is 1.40. The summed E-state index contributed by atoms with van der Waals surface area (Å²) in [5, 5.41) is 0. The molecular weight excluding hydrogens is 322 g/mol. The third-order valence-corrected chi connectivity index (χ3v) is 4.09. The lowest BCUT2D eigenvalue weighted by atomic mass is 10.1. The van der Waals surface area contributed by atoms with Crippen molar-refractivity contribution >= 4 is 11.8 Å². The Balaban J connectivity index is 1.71. The quantitative estimate of drug-likeness (QED) is 0.907. The maximum Gasteiger partial charge on any atom is 0.254 e. The number of carbonyl (C=O) groups excluding carboxylic acids is 2. The summed E-state index contributed by atoms with van der Waals surface area (Å²) in [5.41, 5.74) is 6.82. The van der Waals surface area contributed by atoms with Gasteiger partial charge in [0.1, 0.15) is 11.9 Å². The normalized spacial score (nSPS) is 17.2. The molecule has 1 aromatic heterocycles. The maximum absolute atomic E-state index is 12.7. The largest absolute Gasteiger partial charge is 0.497 e. The zero-order chi connectivity index (χ0) is 17.8. The summed E-state index contributed by atoms with van der Waals surface area (Å²) in [6.45, 7) is 1.33. The van der Waals surface area contributed by atoms with Crippen LogP contribution in [0, 0.1) is 0 Å². The van der Waals surface area contributed by atoms with Crippen LogP contribution in [-0.2, 0) is 4.74 Å². The van der Waals surface area contributed by atoms with Gasteiger partial charge in [0.05, 0.1) is 31.5 Å². The van der Waals surface area contributed by atoms with Crippen LogP contribution in [0.1, 0.15) is 32.5 Å². The van der Waals surface area contributed by atoms with Crippen molar-refractivity contribution < 1.29 is 19.1 Å². The van der Waals surface area contributed by atoms with Gasteiger partial charge in [-0.1, -0.05) is 0 Å². The molecule has 130 valence electrons. The average molecular weight is 341 g/mol. The second-order valence-electron chi connectivity index (χ2n) is 5.68. The van der Waals surface area contributed by atoms with E-state index in [2.05, 4.69) is 4.98 Å². The molecule has 3 rings (SSSR count). The molecule has 0 spiro atoms. The number of carbonyl (C=O) groups is 2. The number of primary amides is 1. The number of ether oxygens (including phenoxy) is 2. The van der Waals surface area contributed by atoms with Gasteiger partial charge in [0, 0.05) is 18.3 Å². The Bertz CT molecular complexity index is 759. The van der Waals surface area contributed by atoms with Gasteiger partial charge < -0.3 is 20.1 Å². The predicted molar refractivity (Wildman–Crippen MR) is 90.3 cm³/mol. The highest BCUT2D eigenvalue weighted by atomic mass is 16.5. The number of benzene rings is 1. The molecular formula is C18H19N3O4. The molecule has 25 heavy (non-hydrogen) atoms. The number of rotatable bonds is 4. The Hall–Kier alpha value is -2.93. The molecule has 0 radical (unpaired) electrons. The molecule has 2 aromatic rings. The monoisotopic (exact) mass is 341 g/mol. The summed E-state index contributed by atoms with van der Waals surface area (Å²) in [7, 11) is 1.58. The van der Waals surface area contributed by atoms with Crippen LogP contribution in [0.25, 0.3) is 0 Å². The van der Waals surface area contributed by atoms with Crippen molar-refractivity contribution in [3.05, 3.63) is 59.4 Å². The Morgan fingerprint density at radius 1 is 1.20 bits per heavy atom. The van der Waals surface area contributed by atoms with E-state index in [-0.39, 0.29) is 12.0 Å². The van der Waals surface area contributed by atoms with Crippen molar-refractivity contribution in [3.63, 3.8) is 0 Å². The number of methoxy groups -OCH3 is 1. The summed E-state index contributed by atoms with van der Waals surface area (Å²) < 4.78 is 10.8. The SMILES string of the molecule is COc1ccc(C(=O)N2CCO[C@@H](c3ccc(C(N)=O)cn3)C2)cc1. The Morgan fingerprint density at radius 3 is 2.52 bits per heavy atom. The fourth-order valence-corrected chi connectivity index (χ4v) is 2.67. The van der Waals surface area contributed by atoms with Crippen molar-refractivity contribution in [3.8, 4) is 5.75 Å². The van der Waals surface area contributed by atoms with Gasteiger partial charge in [-0.05, 0) is 36.4 Å². The first-order valence-electron chi connectivity index (χ1n) is 7.89. The van der Waals surface area contributed by atoms with Crippen molar-refractivity contribution in [2.45, 2.75) is 6.10 Å². The molecule has 1 aromatic carbocycles. The molecule has 0 saturated carbocycles. The third kappa shape index (κ3) is 3.77. The highest BCUT2D eigenvalue weighted by molar-refractivity contribution is 5.94. The van der Waals surface area contributed by atoms with Gasteiger partial charge in [0.25, 0.3) is 5.91 Å². The van der Waals surface area contributed by atoms with Crippen molar-refractivity contribution in [1.29, 1.82) is 0 Å². The Labute approximate surface area is 145 Å². The lowest BCUT2D eigenvalue weighted by molar-refractivity contribution is -0.0247. The zero-order valence-electron chi connectivity index (χ0n) is 13.8. The minimum atomic E-state index is -0.528. The van der Waals surface area contributed by atoms with Gasteiger partial charge in [0.2, 0.25) is 5.91 Å². The Kier molecular flexibility index (Phi) is 4.95. The van der Waals surface area contributed by atoms with E-state index in [1.807, 2.05) is 0 Å². The third-order valence-electron chi connectivity index (χ3n) is 4.09. The van der Waals surface area contributed by atoms with Crippen LogP contribution in [-0.4, -0.2) is 48.5 Å². The topological polar surface area (TPSA) is 94.7 Å². The van der Waals surface area contributed by atoms with E-state index in [1.165, 1.54) is 6.20 Å². The van der Waals surface area contributed by atoms with Gasteiger partial charge in [-0.25, -0.2) is 0 Å². The second-order valence-corrected chi connectivity index (χ2v) is 5.68. The van der Waals surface area contributed by atoms with Gasteiger partial charge in [-0.2, -0.15) is 0 Å². The Morgan fingerprint density at radius 2 is 1.92 bits per heavy atom. The number of hydrogen-bond acceptors (Lipinski definition) is 5. The summed E-state index contributed by atoms with van der Waals surface area (Å²) in [6, 6.07) is 10.3. The summed E-state index contributed by atoms with van der Waals surface area (Å²) in [4.78, 5) is 29.8. The van der Waals surface area contributed by atoms with E-state index in [4.69, 9.17) is 15.2 Å². The molecule has 1 atom stereocenters. The van der Waals surface area contributed by atoms with Gasteiger partial charge in [0.15, 0.2) is 0 Å². The van der Waals surface area contributed by atoms with E-state index in [0.717, 1.165) is 0 Å². The van der Waals surface area contributed by atoms with Gasteiger partial charge >= 0.3 is 0 Å². The van der Waals surface area contributed by atoms with E-state index in [0.29, 0.717) is 42.3 Å². The van der Waals surface area contributed by atoms with Crippen molar-refractivity contribution in [2.75, 3.05) is 26.8 Å². The fraction of sp³-hybridized carbons (Fsp3) is 0.278. The molecule has 2 heterocycles. The highest BCUT2D eigenvalue weighted by Gasteiger charge is 2.27. The average Bonchev–Trinajstić information content (AvgIpc) is 2.67. The molecule has 2 N–H and O–H groups in total. The standard InChI is InChI=1S/C18H19N3O4/c1-24-14-5-2-12(3-6-14)18(23)21-8-9-25-16(11-21)15-7-4-13(10-20-15)17(19)22/h2-7,10,16H,8-9,11H2,1H3,(H2,19,22)/t16-/m1/s1. The van der Waals surface area contributed by atoms with Gasteiger partial charge in [-0.15, -0.1) is 0 Å². The van der Waals surface area contributed by atoms with Crippen LogP contribution in [0.15, 0.2) is 42.6 Å². The second kappa shape index (κ2) is 7.31. The smallest absolute Gasteiger partial charge is 0.254 e. The summed E-state index contributed by atoms with van der Waals surface area (Å²) in [6.07, 6.45) is 1.09. The van der Waals surface area contributed by atoms with Crippen LogP contribution in [0.3, 0.4) is 0 Å². The molecule has 0 aliphatic carbocycles. The maximum atomic E-state index is 12.7. The number of nitrogens with two attached hydrogens (primary N) is 1. The number of morpholine rings is 1. The van der Waals surface area contributed by atoms with Crippen molar-refractivity contribution in [2.24, 2.45) is 5.73 Å². The first-order chi connectivity index (χ1) is 12.1. The zero-order valence-corrected chi connectivity index (χ0v) is 13.8. The number of pyridine rings is 1. The lowest BCUT2D eigenvalue weighted by Crippen LogP contribution is -2.42. The van der Waals surface area contributed by atoms with E-state index in [1.54, 1.807) is 48.4 Å². The minimum Gasteiger partial charge on any atom is -0.497 e. The molecule has 0 unspecified atom stereocenters. The van der Waals surface area contributed by atoms with E-state index >= 15 is 0 Å². The van der Waals surface area contributed by atoms with Crippen LogP contribution < -0.4 is 10.5 Å². The van der Waals surface area contributed by atoms with Crippen LogP contribution in [0.2, 0.25) is 0 Å². The van der Waals surface area contributed by atoms with E-state index < -0.39 is 5.91 Å². The lowest BCUT2D eigenvalue weighted by Gasteiger charge is -2.32. The van der Waals surface area contributed by atoms with Crippen molar-refractivity contribution in [1.82, 2.24) is 9.88 Å². The van der Waals surface area contributed by atoms with E-state index in [9.17, 15) is 9.59 Å². The molecule has 1 fully saturated rings. The molecule has 7 heteroatoms. The van der Waals surface area contributed by atoms with Crippen LogP contribution in [0.4, 0.5) is 0 Å². The molecule has 1 aliphatic rings. The van der Waals surface area contributed by atoms with Crippen LogP contribution >= 0.6 is 0 Å². The minimum absolute atomic E-state index is 0.0651. The molecule has 7 nitrogen and oxygen atoms in total. The number of aromatic nitrogens is 1. The number of hydrogen-bond donors (Lipinski definition) is 1. The molecule has 1 saturated heterocycles. The summed E-state index contributed by atoms with van der Waals surface area (Å²) >= 11 is 0. The summed E-state index contributed by atoms with van der Waals surface area (Å²) in [5.74, 6) is 0.111. The number of amides is 2. The van der Waals surface area contributed by atoms with Gasteiger partial charge in [-0.3, -0.25) is 14.6 Å². The highest BCUT2D eigenvalue weighted by Crippen LogP contribution is 2.22. The molecule has 1 aliphatic heterocycles. The fourth-order valence-electron chi connectivity index (χ4n) is 2.67. The molecule has 2 amide bonds. The van der Waals surface area contributed by atoms with Crippen LogP contribution in [0.5, 0.6) is 5.75 Å². The first-order valence-corrected chi connectivity index (χ1v) is 7.89.